The number of nitrogen functional groups attached to an aromatic ring is 1. The van der Waals surface area contributed by atoms with Gasteiger partial charge in [-0.1, -0.05) is 30.3 Å². The molecule has 0 amide bonds. The molecule has 0 aliphatic heterocycles. The summed E-state index contributed by atoms with van der Waals surface area (Å²) >= 11 is 0. The van der Waals surface area contributed by atoms with Crippen LogP contribution in [0.2, 0.25) is 0 Å². The molecule has 0 heterocycles. The van der Waals surface area contributed by atoms with Crippen LogP contribution in [0.1, 0.15) is 39.1 Å². The molecule has 0 radical (unpaired) electrons. The minimum Gasteiger partial charge on any atom is -0.457 e. The lowest BCUT2D eigenvalue weighted by Gasteiger charge is -2.10. The number of nitrogens with two attached hydrogens (primary N) is 1. The molecule has 1 saturated carbocycles. The van der Waals surface area contributed by atoms with Gasteiger partial charge in [-0.15, -0.1) is 0 Å². The van der Waals surface area contributed by atoms with E-state index in [-0.39, 0.29) is 23.9 Å². The SMILES string of the molecule is Nc1ccc(C(=O)C2CC2)c(C(=O)OCc2ccccc2)c1. The van der Waals surface area contributed by atoms with Gasteiger partial charge in [0, 0.05) is 17.2 Å². The third-order valence-corrected chi connectivity index (χ3v) is 3.69. The molecule has 0 spiro atoms. The molecule has 0 aromatic heterocycles. The van der Waals surface area contributed by atoms with Crippen molar-refractivity contribution in [3.05, 3.63) is 65.2 Å². The standard InChI is InChI=1S/C18H17NO3/c19-14-8-9-15(17(20)13-6-7-13)16(10-14)18(21)22-11-12-4-2-1-3-5-12/h1-5,8-10,13H,6-7,11,19H2. The molecule has 4 heteroatoms. The number of esters is 1. The second-order valence-electron chi connectivity index (χ2n) is 5.51. The van der Waals surface area contributed by atoms with Gasteiger partial charge in [0.25, 0.3) is 0 Å². The number of benzene rings is 2. The van der Waals surface area contributed by atoms with Gasteiger partial charge >= 0.3 is 5.97 Å². The Balaban J connectivity index is 1.78. The second kappa shape index (κ2) is 6.02. The number of ketones is 1. The van der Waals surface area contributed by atoms with Crippen molar-refractivity contribution in [3.8, 4) is 0 Å². The van der Waals surface area contributed by atoms with Crippen molar-refractivity contribution in [1.29, 1.82) is 0 Å². The fourth-order valence-corrected chi connectivity index (χ4v) is 2.31. The van der Waals surface area contributed by atoms with E-state index in [1.54, 1.807) is 12.1 Å². The van der Waals surface area contributed by atoms with Crippen LogP contribution >= 0.6 is 0 Å². The molecule has 4 nitrogen and oxygen atoms in total. The lowest BCUT2D eigenvalue weighted by molar-refractivity contribution is 0.0469. The number of hydrogen-bond donors (Lipinski definition) is 1. The number of anilines is 1. The number of carbonyl (C=O) groups is 2. The Morgan fingerprint density at radius 2 is 1.77 bits per heavy atom. The first-order chi connectivity index (χ1) is 10.6. The summed E-state index contributed by atoms with van der Waals surface area (Å²) in [4.78, 5) is 24.6. The summed E-state index contributed by atoms with van der Waals surface area (Å²) in [6.45, 7) is 0.172. The van der Waals surface area contributed by atoms with Gasteiger partial charge in [0.1, 0.15) is 6.61 Å². The van der Waals surface area contributed by atoms with Crippen LogP contribution in [-0.2, 0) is 11.3 Å². The molecule has 0 saturated heterocycles. The van der Waals surface area contributed by atoms with Crippen molar-refractivity contribution in [2.45, 2.75) is 19.4 Å². The normalized spacial score (nSPS) is 13.6. The minimum absolute atomic E-state index is 0.00617. The van der Waals surface area contributed by atoms with Gasteiger partial charge in [0.2, 0.25) is 0 Å². The van der Waals surface area contributed by atoms with Crippen LogP contribution in [0.15, 0.2) is 48.5 Å². The molecule has 1 fully saturated rings. The van der Waals surface area contributed by atoms with E-state index >= 15 is 0 Å². The lowest BCUT2D eigenvalue weighted by atomic mass is 10.00. The van der Waals surface area contributed by atoms with E-state index in [2.05, 4.69) is 0 Å². The van der Waals surface area contributed by atoms with Crippen LogP contribution in [-0.4, -0.2) is 11.8 Å². The summed E-state index contributed by atoms with van der Waals surface area (Å²) in [6, 6.07) is 14.2. The lowest BCUT2D eigenvalue weighted by Crippen LogP contribution is -2.13. The maximum Gasteiger partial charge on any atom is 0.339 e. The highest BCUT2D eigenvalue weighted by Gasteiger charge is 2.33. The smallest absolute Gasteiger partial charge is 0.339 e. The maximum atomic E-state index is 12.3. The molecule has 112 valence electrons. The van der Waals surface area contributed by atoms with Crippen molar-refractivity contribution in [1.82, 2.24) is 0 Å². The third-order valence-electron chi connectivity index (χ3n) is 3.69. The molecule has 0 bridgehead atoms. The molecule has 0 unspecified atom stereocenters. The molecular formula is C18H17NO3. The summed E-state index contributed by atoms with van der Waals surface area (Å²) in [7, 11) is 0. The Labute approximate surface area is 128 Å². The van der Waals surface area contributed by atoms with Crippen molar-refractivity contribution in [3.63, 3.8) is 0 Å². The largest absolute Gasteiger partial charge is 0.457 e. The van der Waals surface area contributed by atoms with Gasteiger partial charge in [-0.2, -0.15) is 0 Å². The predicted molar refractivity (Wildman–Crippen MR) is 83.5 cm³/mol. The number of Topliss-reactive ketones (excluding diaryl/α,β-unsaturated/α-hetero) is 1. The van der Waals surface area contributed by atoms with E-state index < -0.39 is 5.97 Å². The van der Waals surface area contributed by atoms with Crippen molar-refractivity contribution >= 4 is 17.4 Å². The zero-order chi connectivity index (χ0) is 15.5. The van der Waals surface area contributed by atoms with Gasteiger partial charge in [-0.25, -0.2) is 4.79 Å². The summed E-state index contributed by atoms with van der Waals surface area (Å²) in [6.07, 6.45) is 1.78. The average Bonchev–Trinajstić information content (AvgIpc) is 3.38. The van der Waals surface area contributed by atoms with Gasteiger partial charge in [0.05, 0.1) is 5.56 Å². The Hall–Kier alpha value is -2.62. The molecule has 1 aliphatic carbocycles. The van der Waals surface area contributed by atoms with Crippen LogP contribution in [0.25, 0.3) is 0 Å². The third kappa shape index (κ3) is 3.17. The van der Waals surface area contributed by atoms with E-state index in [4.69, 9.17) is 10.5 Å². The molecule has 2 aromatic carbocycles. The van der Waals surface area contributed by atoms with E-state index in [0.717, 1.165) is 18.4 Å². The highest BCUT2D eigenvalue weighted by Crippen LogP contribution is 2.34. The Bertz CT molecular complexity index is 706. The van der Waals surface area contributed by atoms with Gasteiger partial charge in [-0.3, -0.25) is 4.79 Å². The summed E-state index contributed by atoms with van der Waals surface area (Å²) in [5, 5.41) is 0. The van der Waals surface area contributed by atoms with E-state index in [9.17, 15) is 9.59 Å². The Kier molecular flexibility index (Phi) is 3.92. The zero-order valence-electron chi connectivity index (χ0n) is 12.1. The van der Waals surface area contributed by atoms with Crippen molar-refractivity contribution in [2.24, 2.45) is 5.92 Å². The quantitative estimate of drug-likeness (QED) is 0.522. The number of ether oxygens (including phenoxy) is 1. The fraction of sp³-hybridized carbons (Fsp3) is 0.222. The summed E-state index contributed by atoms with van der Waals surface area (Å²) in [5.74, 6) is -0.462. The Morgan fingerprint density at radius 1 is 1.05 bits per heavy atom. The van der Waals surface area contributed by atoms with Crippen molar-refractivity contribution < 1.29 is 14.3 Å². The minimum atomic E-state index is -0.514. The molecule has 3 rings (SSSR count). The van der Waals surface area contributed by atoms with Crippen LogP contribution in [0, 0.1) is 5.92 Å². The topological polar surface area (TPSA) is 69.4 Å². The molecule has 0 atom stereocenters. The van der Waals surface area contributed by atoms with Crippen LogP contribution in [0.4, 0.5) is 5.69 Å². The van der Waals surface area contributed by atoms with Gasteiger partial charge in [-0.05, 0) is 36.6 Å². The fourth-order valence-electron chi connectivity index (χ4n) is 2.31. The average molecular weight is 295 g/mol. The molecular weight excluding hydrogens is 278 g/mol. The molecule has 2 N–H and O–H groups in total. The summed E-state index contributed by atoms with van der Waals surface area (Å²) in [5.41, 5.74) is 7.76. The number of hydrogen-bond acceptors (Lipinski definition) is 4. The first-order valence-corrected chi connectivity index (χ1v) is 7.30. The molecule has 22 heavy (non-hydrogen) atoms. The molecule has 1 aliphatic rings. The van der Waals surface area contributed by atoms with Crippen molar-refractivity contribution in [2.75, 3.05) is 5.73 Å². The van der Waals surface area contributed by atoms with E-state index in [1.807, 2.05) is 30.3 Å². The molecule has 2 aromatic rings. The number of carbonyl (C=O) groups excluding carboxylic acids is 2. The first-order valence-electron chi connectivity index (χ1n) is 7.30. The zero-order valence-corrected chi connectivity index (χ0v) is 12.1. The highest BCUT2D eigenvalue weighted by molar-refractivity contribution is 6.08. The van der Waals surface area contributed by atoms with E-state index in [1.165, 1.54) is 6.07 Å². The summed E-state index contributed by atoms with van der Waals surface area (Å²) < 4.78 is 5.31. The van der Waals surface area contributed by atoms with Gasteiger partial charge < -0.3 is 10.5 Å². The second-order valence-corrected chi connectivity index (χ2v) is 5.51. The van der Waals surface area contributed by atoms with Crippen LogP contribution in [0.3, 0.4) is 0 Å². The highest BCUT2D eigenvalue weighted by atomic mass is 16.5. The van der Waals surface area contributed by atoms with E-state index in [0.29, 0.717) is 11.3 Å². The van der Waals surface area contributed by atoms with Crippen LogP contribution < -0.4 is 5.73 Å². The monoisotopic (exact) mass is 295 g/mol. The van der Waals surface area contributed by atoms with Gasteiger partial charge in [0.15, 0.2) is 5.78 Å². The Morgan fingerprint density at radius 3 is 2.45 bits per heavy atom. The number of rotatable bonds is 5. The predicted octanol–water partition coefficient (Wildman–Crippen LogP) is 3.22. The van der Waals surface area contributed by atoms with Crippen LogP contribution in [0.5, 0.6) is 0 Å². The maximum absolute atomic E-state index is 12.3. The first kappa shape index (κ1) is 14.3.